The highest BCUT2D eigenvalue weighted by Gasteiger charge is 2.21. The van der Waals surface area contributed by atoms with E-state index in [9.17, 15) is 9.59 Å². The molecule has 0 saturated heterocycles. The highest BCUT2D eigenvalue weighted by atomic mass is 16.4. The smallest absolute Gasteiger partial charge is 0.326 e. The Hall–Kier alpha value is -2.04. The molecule has 1 unspecified atom stereocenters. The van der Waals surface area contributed by atoms with Crippen LogP contribution in [-0.2, 0) is 9.59 Å². The summed E-state index contributed by atoms with van der Waals surface area (Å²) < 4.78 is 0. The molecule has 0 aliphatic carbocycles. The van der Waals surface area contributed by atoms with E-state index in [1.807, 2.05) is 32.0 Å². The molecule has 1 aromatic rings. The van der Waals surface area contributed by atoms with E-state index < -0.39 is 18.0 Å². The number of rotatable bonds is 6. The van der Waals surface area contributed by atoms with E-state index in [2.05, 4.69) is 0 Å². The third kappa shape index (κ3) is 4.28. The van der Waals surface area contributed by atoms with Crippen LogP contribution in [0.3, 0.4) is 0 Å². The number of aliphatic carboxylic acids is 2. The number of carboxylic acid groups (broad SMARTS) is 2. The van der Waals surface area contributed by atoms with Crippen molar-refractivity contribution in [3.8, 4) is 0 Å². The van der Waals surface area contributed by atoms with Crippen molar-refractivity contribution < 1.29 is 19.8 Å². The van der Waals surface area contributed by atoms with Gasteiger partial charge in [0, 0.05) is 12.2 Å². The molecule has 5 nitrogen and oxygen atoms in total. The van der Waals surface area contributed by atoms with Crippen molar-refractivity contribution >= 4 is 17.6 Å². The summed E-state index contributed by atoms with van der Waals surface area (Å²) in [5.74, 6) is -1.91. The lowest BCUT2D eigenvalue weighted by molar-refractivity contribution is -0.139. The molecule has 19 heavy (non-hydrogen) atoms. The fourth-order valence-electron chi connectivity index (χ4n) is 2.01. The molecular formula is C14H19NO4. The number of nitrogens with zero attached hydrogens (tertiary/aromatic N) is 1. The number of benzene rings is 1. The van der Waals surface area contributed by atoms with E-state index in [4.69, 9.17) is 10.2 Å². The van der Waals surface area contributed by atoms with E-state index in [0.717, 1.165) is 16.8 Å². The van der Waals surface area contributed by atoms with Gasteiger partial charge in [0.05, 0.1) is 6.42 Å². The largest absolute Gasteiger partial charge is 0.481 e. The third-order valence-corrected chi connectivity index (χ3v) is 2.93. The van der Waals surface area contributed by atoms with Crippen LogP contribution in [-0.4, -0.2) is 34.7 Å². The maximum Gasteiger partial charge on any atom is 0.326 e. The van der Waals surface area contributed by atoms with Gasteiger partial charge in [0.1, 0.15) is 6.04 Å². The Bertz CT molecular complexity index is 464. The van der Waals surface area contributed by atoms with Crippen molar-refractivity contribution in [3.05, 3.63) is 29.3 Å². The van der Waals surface area contributed by atoms with Crippen molar-refractivity contribution in [3.63, 3.8) is 0 Å². The molecule has 5 heteroatoms. The fraction of sp³-hybridized carbons (Fsp3) is 0.429. The molecule has 2 N–H and O–H groups in total. The van der Waals surface area contributed by atoms with Gasteiger partial charge >= 0.3 is 11.9 Å². The predicted molar refractivity (Wildman–Crippen MR) is 72.6 cm³/mol. The van der Waals surface area contributed by atoms with E-state index in [1.54, 1.807) is 11.8 Å². The zero-order valence-electron chi connectivity index (χ0n) is 11.4. The molecule has 0 heterocycles. The van der Waals surface area contributed by atoms with Crippen LogP contribution in [0.25, 0.3) is 0 Å². The van der Waals surface area contributed by atoms with Gasteiger partial charge in [0.15, 0.2) is 0 Å². The van der Waals surface area contributed by atoms with Gasteiger partial charge in [0.25, 0.3) is 0 Å². The quantitative estimate of drug-likeness (QED) is 0.823. The van der Waals surface area contributed by atoms with Crippen LogP contribution in [0.1, 0.15) is 24.5 Å². The first-order valence-electron chi connectivity index (χ1n) is 6.11. The highest BCUT2D eigenvalue weighted by molar-refractivity contribution is 5.78. The molecule has 104 valence electrons. The zero-order chi connectivity index (χ0) is 14.6. The topological polar surface area (TPSA) is 77.8 Å². The van der Waals surface area contributed by atoms with Crippen LogP contribution in [0.15, 0.2) is 18.2 Å². The molecule has 0 radical (unpaired) electrons. The van der Waals surface area contributed by atoms with Crippen molar-refractivity contribution in [1.29, 1.82) is 0 Å². The van der Waals surface area contributed by atoms with Gasteiger partial charge in [-0.2, -0.15) is 0 Å². The summed E-state index contributed by atoms with van der Waals surface area (Å²) in [5, 5.41) is 17.9. The second-order valence-electron chi connectivity index (χ2n) is 4.70. The maximum absolute atomic E-state index is 11.1. The summed E-state index contributed by atoms with van der Waals surface area (Å²) in [7, 11) is 0. The molecule has 0 aliphatic heterocycles. The minimum absolute atomic E-state index is 0.0926. The lowest BCUT2D eigenvalue weighted by Crippen LogP contribution is -2.40. The van der Waals surface area contributed by atoms with E-state index >= 15 is 0 Å². The third-order valence-electron chi connectivity index (χ3n) is 2.93. The molecule has 0 aromatic heterocycles. The molecule has 0 spiro atoms. The first-order chi connectivity index (χ1) is 8.81. The van der Waals surface area contributed by atoms with Crippen molar-refractivity contribution in [1.82, 2.24) is 0 Å². The second-order valence-corrected chi connectivity index (χ2v) is 4.70. The Labute approximate surface area is 112 Å². The minimum Gasteiger partial charge on any atom is -0.481 e. The normalized spacial score (nSPS) is 11.9. The van der Waals surface area contributed by atoms with Crippen LogP contribution >= 0.6 is 0 Å². The predicted octanol–water partition coefficient (Wildman–Crippen LogP) is 2.06. The molecule has 0 bridgehead atoms. The second kappa shape index (κ2) is 6.22. The molecule has 0 aliphatic rings. The van der Waals surface area contributed by atoms with Gasteiger partial charge in [-0.1, -0.05) is 6.07 Å². The average Bonchev–Trinajstić information content (AvgIpc) is 2.27. The molecule has 0 fully saturated rings. The summed E-state index contributed by atoms with van der Waals surface area (Å²) in [6, 6.07) is 4.97. The number of aryl methyl sites for hydroxylation is 2. The molecule has 1 aromatic carbocycles. The van der Waals surface area contributed by atoms with Crippen molar-refractivity contribution in [2.75, 3.05) is 11.4 Å². The molecular weight excluding hydrogens is 246 g/mol. The van der Waals surface area contributed by atoms with Crippen LogP contribution in [0.2, 0.25) is 0 Å². The van der Waals surface area contributed by atoms with Gasteiger partial charge in [-0.25, -0.2) is 4.79 Å². The number of anilines is 1. The standard InChI is InChI=1S/C14H19NO4/c1-9-6-10(2)8-12(7-9)15(5-4-13(16)17)11(3)14(18)19/h6-8,11H,4-5H2,1-3H3,(H,16,17)(H,18,19). The number of carbonyl (C=O) groups is 2. The molecule has 0 saturated carbocycles. The summed E-state index contributed by atoms with van der Waals surface area (Å²) in [4.78, 5) is 23.4. The van der Waals surface area contributed by atoms with Crippen LogP contribution < -0.4 is 4.90 Å². The zero-order valence-corrected chi connectivity index (χ0v) is 11.4. The van der Waals surface area contributed by atoms with Crippen LogP contribution in [0.4, 0.5) is 5.69 Å². The van der Waals surface area contributed by atoms with E-state index in [0.29, 0.717) is 0 Å². The number of hydrogen-bond donors (Lipinski definition) is 2. The van der Waals surface area contributed by atoms with Gasteiger partial charge in [-0.3, -0.25) is 4.79 Å². The van der Waals surface area contributed by atoms with Crippen LogP contribution in [0, 0.1) is 13.8 Å². The van der Waals surface area contributed by atoms with Gasteiger partial charge in [0.2, 0.25) is 0 Å². The maximum atomic E-state index is 11.1. The van der Waals surface area contributed by atoms with E-state index in [1.165, 1.54) is 0 Å². The highest BCUT2D eigenvalue weighted by Crippen LogP contribution is 2.21. The SMILES string of the molecule is Cc1cc(C)cc(N(CCC(=O)O)C(C)C(=O)O)c1. The lowest BCUT2D eigenvalue weighted by Gasteiger charge is -2.28. The fourth-order valence-corrected chi connectivity index (χ4v) is 2.01. The average molecular weight is 265 g/mol. The Morgan fingerprint density at radius 3 is 2.11 bits per heavy atom. The van der Waals surface area contributed by atoms with Crippen molar-refractivity contribution in [2.45, 2.75) is 33.2 Å². The first-order valence-corrected chi connectivity index (χ1v) is 6.11. The van der Waals surface area contributed by atoms with Crippen molar-refractivity contribution in [2.24, 2.45) is 0 Å². The Balaban J connectivity index is 3.06. The Morgan fingerprint density at radius 2 is 1.68 bits per heavy atom. The summed E-state index contributed by atoms with van der Waals surface area (Å²) >= 11 is 0. The molecule has 1 rings (SSSR count). The molecule has 1 atom stereocenters. The van der Waals surface area contributed by atoms with Crippen LogP contribution in [0.5, 0.6) is 0 Å². The van der Waals surface area contributed by atoms with Gasteiger partial charge in [-0.05, 0) is 44.0 Å². The minimum atomic E-state index is -0.968. The Morgan fingerprint density at radius 1 is 1.16 bits per heavy atom. The first kappa shape index (κ1) is 15.0. The summed E-state index contributed by atoms with van der Waals surface area (Å²) in [6.07, 6.45) is -0.0926. The summed E-state index contributed by atoms with van der Waals surface area (Å²) in [5.41, 5.74) is 2.79. The monoisotopic (exact) mass is 265 g/mol. The van der Waals surface area contributed by atoms with Gasteiger partial charge < -0.3 is 15.1 Å². The van der Waals surface area contributed by atoms with E-state index in [-0.39, 0.29) is 13.0 Å². The Kier molecular flexibility index (Phi) is 4.92. The number of carboxylic acids is 2. The molecule has 0 amide bonds. The number of hydrogen-bond acceptors (Lipinski definition) is 3. The summed E-state index contributed by atoms with van der Waals surface area (Å²) in [6.45, 7) is 5.59. The lowest BCUT2D eigenvalue weighted by atomic mass is 10.1. The van der Waals surface area contributed by atoms with Gasteiger partial charge in [-0.15, -0.1) is 0 Å².